The zero-order chi connectivity index (χ0) is 17.6. The molecule has 2 fully saturated rings. The number of amides is 2. The van der Waals surface area contributed by atoms with Gasteiger partial charge in [-0.25, -0.2) is 0 Å². The number of rotatable bonds is 5. The van der Waals surface area contributed by atoms with Gasteiger partial charge in [-0.2, -0.15) is 0 Å². The third-order valence-corrected chi connectivity index (χ3v) is 5.06. The van der Waals surface area contributed by atoms with Crippen molar-refractivity contribution in [3.8, 4) is 0 Å². The number of hydrogen-bond acceptors (Lipinski definition) is 4. The second-order valence-electron chi connectivity index (χ2n) is 6.93. The molecule has 2 aliphatic heterocycles. The summed E-state index contributed by atoms with van der Waals surface area (Å²) in [5.41, 5.74) is 6.29. The standard InChI is InChI=1S/C19H27N3O3/c20-11-16-8-9-17(25-16)19(24)22-10-4-5-14(13-22)12-21-18(23)15-6-2-1-3-7-15/h1-3,6-7,14,16-17H,4-5,8-13,20H2,(H,21,23)/t14?,16-,17+/m1/s1. The lowest BCUT2D eigenvalue weighted by molar-refractivity contribution is -0.144. The van der Waals surface area contributed by atoms with Crippen LogP contribution >= 0.6 is 0 Å². The van der Waals surface area contributed by atoms with Crippen LogP contribution in [0.4, 0.5) is 0 Å². The molecular weight excluding hydrogens is 318 g/mol. The van der Waals surface area contributed by atoms with E-state index in [1.807, 2.05) is 23.1 Å². The van der Waals surface area contributed by atoms with Gasteiger partial charge in [-0.15, -0.1) is 0 Å². The molecular formula is C19H27N3O3. The van der Waals surface area contributed by atoms with Gasteiger partial charge in [0.2, 0.25) is 0 Å². The first-order chi connectivity index (χ1) is 12.2. The molecule has 2 aliphatic rings. The van der Waals surface area contributed by atoms with E-state index in [1.54, 1.807) is 12.1 Å². The summed E-state index contributed by atoms with van der Waals surface area (Å²) in [6.45, 7) is 2.52. The summed E-state index contributed by atoms with van der Waals surface area (Å²) >= 11 is 0. The highest BCUT2D eigenvalue weighted by Gasteiger charge is 2.34. The van der Waals surface area contributed by atoms with Gasteiger partial charge in [-0.05, 0) is 43.7 Å². The Hall–Kier alpha value is -1.92. The van der Waals surface area contributed by atoms with Gasteiger partial charge in [0.15, 0.2) is 0 Å². The van der Waals surface area contributed by atoms with Crippen molar-refractivity contribution >= 4 is 11.8 Å². The van der Waals surface area contributed by atoms with Crippen molar-refractivity contribution in [2.75, 3.05) is 26.2 Å². The molecule has 6 heteroatoms. The van der Waals surface area contributed by atoms with E-state index in [4.69, 9.17) is 10.5 Å². The van der Waals surface area contributed by atoms with E-state index in [1.165, 1.54) is 0 Å². The zero-order valence-electron chi connectivity index (χ0n) is 14.5. The zero-order valence-corrected chi connectivity index (χ0v) is 14.5. The van der Waals surface area contributed by atoms with Gasteiger partial charge in [0.05, 0.1) is 6.10 Å². The molecule has 2 heterocycles. The predicted molar refractivity (Wildman–Crippen MR) is 95.0 cm³/mol. The SMILES string of the molecule is NC[C@H]1CC[C@@H](C(=O)N2CCCC(CNC(=O)c3ccccc3)C2)O1. The number of ether oxygens (including phenoxy) is 1. The molecule has 2 saturated heterocycles. The number of carbonyl (C=O) groups is 2. The Balaban J connectivity index is 1.48. The lowest BCUT2D eigenvalue weighted by Gasteiger charge is -2.34. The summed E-state index contributed by atoms with van der Waals surface area (Å²) in [6, 6.07) is 9.20. The van der Waals surface area contributed by atoms with E-state index in [0.717, 1.165) is 32.2 Å². The Morgan fingerprint density at radius 1 is 1.20 bits per heavy atom. The van der Waals surface area contributed by atoms with Crippen LogP contribution in [-0.2, 0) is 9.53 Å². The number of nitrogens with one attached hydrogen (secondary N) is 1. The molecule has 2 amide bonds. The van der Waals surface area contributed by atoms with Crippen molar-refractivity contribution in [3.63, 3.8) is 0 Å². The van der Waals surface area contributed by atoms with E-state index in [2.05, 4.69) is 5.32 Å². The summed E-state index contributed by atoms with van der Waals surface area (Å²) in [4.78, 5) is 26.7. The molecule has 0 spiro atoms. The molecule has 1 aromatic carbocycles. The molecule has 1 aromatic rings. The van der Waals surface area contributed by atoms with Crippen LogP contribution in [0.5, 0.6) is 0 Å². The van der Waals surface area contributed by atoms with E-state index in [0.29, 0.717) is 25.2 Å². The number of nitrogens with zero attached hydrogens (tertiary/aromatic N) is 1. The number of likely N-dealkylation sites (tertiary alicyclic amines) is 1. The van der Waals surface area contributed by atoms with E-state index < -0.39 is 0 Å². The number of carbonyl (C=O) groups excluding carboxylic acids is 2. The van der Waals surface area contributed by atoms with Gasteiger partial charge in [0.1, 0.15) is 6.10 Å². The van der Waals surface area contributed by atoms with Gasteiger partial charge in [0.25, 0.3) is 11.8 Å². The van der Waals surface area contributed by atoms with Gasteiger partial charge in [-0.3, -0.25) is 9.59 Å². The van der Waals surface area contributed by atoms with E-state index in [-0.39, 0.29) is 29.9 Å². The quantitative estimate of drug-likeness (QED) is 0.839. The Kier molecular flexibility index (Phi) is 6.04. The lowest BCUT2D eigenvalue weighted by atomic mass is 9.97. The highest BCUT2D eigenvalue weighted by atomic mass is 16.5. The van der Waals surface area contributed by atoms with Crippen molar-refractivity contribution in [2.45, 2.75) is 37.9 Å². The van der Waals surface area contributed by atoms with Crippen molar-refractivity contribution in [1.29, 1.82) is 0 Å². The molecule has 3 N–H and O–H groups in total. The van der Waals surface area contributed by atoms with E-state index in [9.17, 15) is 9.59 Å². The molecule has 0 bridgehead atoms. The van der Waals surface area contributed by atoms with Gasteiger partial charge < -0.3 is 20.7 Å². The van der Waals surface area contributed by atoms with Crippen molar-refractivity contribution in [2.24, 2.45) is 11.7 Å². The molecule has 136 valence electrons. The van der Waals surface area contributed by atoms with Crippen molar-refractivity contribution in [1.82, 2.24) is 10.2 Å². The first-order valence-corrected chi connectivity index (χ1v) is 9.15. The topological polar surface area (TPSA) is 84.7 Å². The average Bonchev–Trinajstić information content (AvgIpc) is 3.15. The number of nitrogens with two attached hydrogens (primary N) is 1. The van der Waals surface area contributed by atoms with Crippen LogP contribution in [0.15, 0.2) is 30.3 Å². The minimum atomic E-state index is -0.341. The monoisotopic (exact) mass is 345 g/mol. The molecule has 0 aromatic heterocycles. The average molecular weight is 345 g/mol. The van der Waals surface area contributed by atoms with Gasteiger partial charge >= 0.3 is 0 Å². The maximum absolute atomic E-state index is 12.6. The lowest BCUT2D eigenvalue weighted by Crippen LogP contribution is -2.47. The second kappa shape index (κ2) is 8.45. The van der Waals surface area contributed by atoms with Crippen LogP contribution in [0.3, 0.4) is 0 Å². The summed E-state index contributed by atoms with van der Waals surface area (Å²) < 4.78 is 5.73. The van der Waals surface area contributed by atoms with Crippen LogP contribution < -0.4 is 11.1 Å². The van der Waals surface area contributed by atoms with E-state index >= 15 is 0 Å². The second-order valence-corrected chi connectivity index (χ2v) is 6.93. The maximum Gasteiger partial charge on any atom is 0.251 e. The van der Waals surface area contributed by atoms with Crippen LogP contribution in [0, 0.1) is 5.92 Å². The minimum Gasteiger partial charge on any atom is -0.364 e. The third kappa shape index (κ3) is 4.58. The number of hydrogen-bond donors (Lipinski definition) is 2. The molecule has 1 unspecified atom stereocenters. The van der Waals surface area contributed by atoms with Crippen LogP contribution in [0.25, 0.3) is 0 Å². The Labute approximate surface area is 148 Å². The molecule has 0 saturated carbocycles. The Morgan fingerprint density at radius 3 is 2.72 bits per heavy atom. The van der Waals surface area contributed by atoms with Crippen LogP contribution in [-0.4, -0.2) is 55.1 Å². The van der Waals surface area contributed by atoms with Gasteiger partial charge in [0, 0.05) is 31.7 Å². The maximum atomic E-state index is 12.6. The molecule has 0 aliphatic carbocycles. The smallest absolute Gasteiger partial charge is 0.251 e. The van der Waals surface area contributed by atoms with Gasteiger partial charge in [-0.1, -0.05) is 18.2 Å². The minimum absolute atomic E-state index is 0.0136. The fraction of sp³-hybridized carbons (Fsp3) is 0.579. The highest BCUT2D eigenvalue weighted by molar-refractivity contribution is 5.94. The Morgan fingerprint density at radius 2 is 2.00 bits per heavy atom. The molecule has 3 atom stereocenters. The molecule has 3 rings (SSSR count). The Bertz CT molecular complexity index is 593. The summed E-state index contributed by atoms with van der Waals surface area (Å²) in [5, 5.41) is 2.99. The highest BCUT2D eigenvalue weighted by Crippen LogP contribution is 2.23. The largest absolute Gasteiger partial charge is 0.364 e. The molecule has 0 radical (unpaired) electrons. The number of piperidine rings is 1. The van der Waals surface area contributed by atoms with Crippen molar-refractivity contribution < 1.29 is 14.3 Å². The summed E-state index contributed by atoms with van der Waals surface area (Å²) in [7, 11) is 0. The number of benzene rings is 1. The molecule has 25 heavy (non-hydrogen) atoms. The van der Waals surface area contributed by atoms with Crippen molar-refractivity contribution in [3.05, 3.63) is 35.9 Å². The van der Waals surface area contributed by atoms with Crippen LogP contribution in [0.1, 0.15) is 36.0 Å². The molecule has 6 nitrogen and oxygen atoms in total. The van der Waals surface area contributed by atoms with Crippen LogP contribution in [0.2, 0.25) is 0 Å². The summed E-state index contributed by atoms with van der Waals surface area (Å²) in [6.07, 6.45) is 3.27. The fourth-order valence-electron chi connectivity index (χ4n) is 3.62. The third-order valence-electron chi connectivity index (χ3n) is 5.06. The summed E-state index contributed by atoms with van der Waals surface area (Å²) in [5.74, 6) is 0.307. The fourth-order valence-corrected chi connectivity index (χ4v) is 3.62. The first-order valence-electron chi connectivity index (χ1n) is 9.15. The normalized spacial score (nSPS) is 26.4. The predicted octanol–water partition coefficient (Wildman–Crippen LogP) is 1.16. The first kappa shape index (κ1) is 17.9.